The lowest BCUT2D eigenvalue weighted by Crippen LogP contribution is -2.11. The lowest BCUT2D eigenvalue weighted by Gasteiger charge is -2.14. The molecule has 0 bridgehead atoms. The summed E-state index contributed by atoms with van der Waals surface area (Å²) in [7, 11) is 0. The Hall–Kier alpha value is -2.55. The fourth-order valence-electron chi connectivity index (χ4n) is 2.36. The zero-order valence-corrected chi connectivity index (χ0v) is 11.2. The molecule has 20 heavy (non-hydrogen) atoms. The smallest absolute Gasteiger partial charge is 0.341 e. The number of nitrogens with two attached hydrogens (primary N) is 1. The molecular weight excluding hydrogens is 250 g/mol. The minimum absolute atomic E-state index is 0.335. The molecule has 2 aromatic carbocycles. The van der Waals surface area contributed by atoms with Gasteiger partial charge in [-0.3, -0.25) is 0 Å². The summed E-state index contributed by atoms with van der Waals surface area (Å²) in [5.74, 6) is -0.391. The summed E-state index contributed by atoms with van der Waals surface area (Å²) in [5, 5.41) is 0. The van der Waals surface area contributed by atoms with Crippen LogP contribution in [0.3, 0.4) is 0 Å². The number of benzene rings is 2. The molecule has 0 saturated heterocycles. The maximum atomic E-state index is 12.2. The highest BCUT2D eigenvalue weighted by atomic mass is 16.5. The molecule has 0 aliphatic heterocycles. The molecule has 0 radical (unpaired) electrons. The summed E-state index contributed by atoms with van der Waals surface area (Å²) in [4.78, 5) is 12.2. The van der Waals surface area contributed by atoms with E-state index in [4.69, 9.17) is 10.5 Å². The van der Waals surface area contributed by atoms with Gasteiger partial charge in [-0.05, 0) is 30.2 Å². The van der Waals surface area contributed by atoms with Crippen molar-refractivity contribution in [2.24, 2.45) is 0 Å². The number of fused-ring (bicyclic) bond motifs is 1. The standard InChI is InChI=1S/C17H15NO2/c1-11-5-4-8-14(16(11)18)17(19)20-15-10-9-12-6-2-3-7-13(12)15/h2-10,15H,18H2,1H3. The van der Waals surface area contributed by atoms with Gasteiger partial charge in [-0.2, -0.15) is 0 Å². The van der Waals surface area contributed by atoms with Crippen LogP contribution in [0.2, 0.25) is 0 Å². The summed E-state index contributed by atoms with van der Waals surface area (Å²) < 4.78 is 5.55. The van der Waals surface area contributed by atoms with Gasteiger partial charge >= 0.3 is 5.97 Å². The number of nitrogen functional groups attached to an aromatic ring is 1. The van der Waals surface area contributed by atoms with Gasteiger partial charge < -0.3 is 10.5 Å². The molecule has 0 heterocycles. The molecule has 0 saturated carbocycles. The Morgan fingerprint density at radius 1 is 1.15 bits per heavy atom. The van der Waals surface area contributed by atoms with Gasteiger partial charge in [-0.1, -0.05) is 42.5 Å². The van der Waals surface area contributed by atoms with Crippen molar-refractivity contribution in [1.82, 2.24) is 0 Å². The second-order valence-electron chi connectivity index (χ2n) is 4.85. The van der Waals surface area contributed by atoms with Gasteiger partial charge in [0.2, 0.25) is 0 Å². The van der Waals surface area contributed by atoms with Crippen LogP contribution in [0.4, 0.5) is 5.69 Å². The van der Waals surface area contributed by atoms with Gasteiger partial charge in [0.25, 0.3) is 0 Å². The molecule has 0 fully saturated rings. The van der Waals surface area contributed by atoms with Crippen LogP contribution in [0.1, 0.15) is 33.2 Å². The zero-order chi connectivity index (χ0) is 14.1. The average molecular weight is 265 g/mol. The van der Waals surface area contributed by atoms with E-state index in [2.05, 4.69) is 0 Å². The van der Waals surface area contributed by atoms with Gasteiger partial charge in [0, 0.05) is 11.3 Å². The predicted molar refractivity (Wildman–Crippen MR) is 79.2 cm³/mol. The Bertz CT molecular complexity index is 704. The summed E-state index contributed by atoms with van der Waals surface area (Å²) in [6.07, 6.45) is 3.51. The van der Waals surface area contributed by atoms with Crippen LogP contribution in [0.25, 0.3) is 6.08 Å². The quantitative estimate of drug-likeness (QED) is 0.668. The first kappa shape index (κ1) is 12.5. The van der Waals surface area contributed by atoms with Gasteiger partial charge in [-0.15, -0.1) is 0 Å². The van der Waals surface area contributed by atoms with Crippen molar-refractivity contribution < 1.29 is 9.53 Å². The van der Waals surface area contributed by atoms with Crippen molar-refractivity contribution in [1.29, 1.82) is 0 Å². The normalized spacial score (nSPS) is 15.9. The number of rotatable bonds is 2. The van der Waals surface area contributed by atoms with E-state index in [9.17, 15) is 4.79 Å². The minimum atomic E-state index is -0.391. The van der Waals surface area contributed by atoms with Crippen LogP contribution < -0.4 is 5.73 Å². The highest BCUT2D eigenvalue weighted by Crippen LogP contribution is 2.32. The Balaban J connectivity index is 1.85. The summed E-state index contributed by atoms with van der Waals surface area (Å²) >= 11 is 0. The molecule has 0 aromatic heterocycles. The summed E-state index contributed by atoms with van der Waals surface area (Å²) in [5.41, 5.74) is 9.80. The minimum Gasteiger partial charge on any atom is -0.450 e. The van der Waals surface area contributed by atoms with Crippen LogP contribution in [0.15, 0.2) is 48.5 Å². The van der Waals surface area contributed by atoms with E-state index in [0.717, 1.165) is 16.7 Å². The first-order valence-corrected chi connectivity index (χ1v) is 6.50. The van der Waals surface area contributed by atoms with E-state index in [1.807, 2.05) is 49.4 Å². The van der Waals surface area contributed by atoms with Gasteiger partial charge in [0.15, 0.2) is 0 Å². The van der Waals surface area contributed by atoms with E-state index in [0.29, 0.717) is 11.3 Å². The van der Waals surface area contributed by atoms with Gasteiger partial charge in [0.1, 0.15) is 6.10 Å². The van der Waals surface area contributed by atoms with Crippen molar-refractivity contribution in [2.45, 2.75) is 13.0 Å². The third kappa shape index (κ3) is 2.07. The maximum Gasteiger partial charge on any atom is 0.341 e. The molecule has 1 aliphatic rings. The summed E-state index contributed by atoms with van der Waals surface area (Å²) in [6, 6.07) is 13.2. The molecule has 1 atom stereocenters. The molecule has 3 rings (SSSR count). The molecular formula is C17H15NO2. The number of carbonyl (C=O) groups excluding carboxylic acids is 1. The van der Waals surface area contributed by atoms with E-state index in [-0.39, 0.29) is 6.10 Å². The lowest BCUT2D eigenvalue weighted by molar-refractivity contribution is 0.0398. The third-order valence-corrected chi connectivity index (χ3v) is 3.53. The number of aryl methyl sites for hydroxylation is 1. The Morgan fingerprint density at radius 2 is 1.95 bits per heavy atom. The number of esters is 1. The molecule has 100 valence electrons. The molecule has 1 aliphatic carbocycles. The number of carbonyl (C=O) groups is 1. The highest BCUT2D eigenvalue weighted by molar-refractivity contribution is 5.96. The molecule has 3 heteroatoms. The van der Waals surface area contributed by atoms with Crippen LogP contribution in [-0.2, 0) is 4.74 Å². The second-order valence-corrected chi connectivity index (χ2v) is 4.85. The first-order chi connectivity index (χ1) is 9.66. The molecule has 0 amide bonds. The van der Waals surface area contributed by atoms with Crippen LogP contribution in [0, 0.1) is 6.92 Å². The SMILES string of the molecule is Cc1cccc(C(=O)OC2C=Cc3ccccc32)c1N. The average Bonchev–Trinajstić information content (AvgIpc) is 2.85. The van der Waals surface area contributed by atoms with Gasteiger partial charge in [0.05, 0.1) is 5.56 Å². The Kier molecular flexibility index (Phi) is 3.03. The number of ether oxygens (including phenoxy) is 1. The van der Waals surface area contributed by atoms with Crippen LogP contribution >= 0.6 is 0 Å². The maximum absolute atomic E-state index is 12.2. The molecule has 1 unspecified atom stereocenters. The number of para-hydroxylation sites is 1. The van der Waals surface area contributed by atoms with Crippen molar-refractivity contribution in [3.05, 3.63) is 70.8 Å². The fourth-order valence-corrected chi connectivity index (χ4v) is 2.36. The Morgan fingerprint density at radius 3 is 2.80 bits per heavy atom. The van der Waals surface area contributed by atoms with E-state index >= 15 is 0 Å². The first-order valence-electron chi connectivity index (χ1n) is 6.50. The van der Waals surface area contributed by atoms with E-state index in [1.54, 1.807) is 12.1 Å². The molecule has 2 N–H and O–H groups in total. The van der Waals surface area contributed by atoms with Gasteiger partial charge in [-0.25, -0.2) is 4.79 Å². The van der Waals surface area contributed by atoms with Crippen LogP contribution in [0.5, 0.6) is 0 Å². The zero-order valence-electron chi connectivity index (χ0n) is 11.2. The van der Waals surface area contributed by atoms with Crippen molar-refractivity contribution in [3.8, 4) is 0 Å². The Labute approximate surface area is 117 Å². The second kappa shape index (κ2) is 4.85. The lowest BCUT2D eigenvalue weighted by atomic mass is 10.1. The number of hydrogen-bond donors (Lipinski definition) is 1. The van der Waals surface area contributed by atoms with Crippen LogP contribution in [-0.4, -0.2) is 5.97 Å². The van der Waals surface area contributed by atoms with Crippen molar-refractivity contribution >= 4 is 17.7 Å². The highest BCUT2D eigenvalue weighted by Gasteiger charge is 2.22. The topological polar surface area (TPSA) is 52.3 Å². The summed E-state index contributed by atoms with van der Waals surface area (Å²) in [6.45, 7) is 1.87. The monoisotopic (exact) mass is 265 g/mol. The van der Waals surface area contributed by atoms with Crippen molar-refractivity contribution in [2.75, 3.05) is 5.73 Å². The van der Waals surface area contributed by atoms with E-state index in [1.165, 1.54) is 0 Å². The van der Waals surface area contributed by atoms with Crippen molar-refractivity contribution in [3.63, 3.8) is 0 Å². The van der Waals surface area contributed by atoms with E-state index < -0.39 is 5.97 Å². The molecule has 2 aromatic rings. The molecule has 0 spiro atoms. The fraction of sp³-hybridized carbons (Fsp3) is 0.118. The molecule has 3 nitrogen and oxygen atoms in total. The number of hydrogen-bond acceptors (Lipinski definition) is 3. The largest absolute Gasteiger partial charge is 0.450 e. The predicted octanol–water partition coefficient (Wildman–Crippen LogP) is 3.50. The third-order valence-electron chi connectivity index (χ3n) is 3.53. The number of anilines is 1.